The second kappa shape index (κ2) is 11.1. The molecule has 0 spiro atoms. The summed E-state index contributed by atoms with van der Waals surface area (Å²) in [7, 11) is 0. The highest BCUT2D eigenvalue weighted by Gasteiger charge is 2.11. The molecule has 0 saturated heterocycles. The normalized spacial score (nSPS) is 10.7. The van der Waals surface area contributed by atoms with Crippen molar-refractivity contribution in [3.63, 3.8) is 0 Å². The fourth-order valence-corrected chi connectivity index (χ4v) is 3.97. The molecular weight excluding hydrogens is 467 g/mol. The largest absolute Gasteiger partial charge is 0.481 e. The predicted octanol–water partition coefficient (Wildman–Crippen LogP) is 7.98. The number of hydrogen-bond acceptors (Lipinski definition) is 3. The molecule has 0 atom stereocenters. The van der Waals surface area contributed by atoms with Crippen molar-refractivity contribution in [2.45, 2.75) is 26.2 Å². The van der Waals surface area contributed by atoms with Gasteiger partial charge in [-0.05, 0) is 60.4 Å². The van der Waals surface area contributed by atoms with Gasteiger partial charge in [0.05, 0.1) is 0 Å². The van der Waals surface area contributed by atoms with Gasteiger partial charge in [0, 0.05) is 41.6 Å². The zero-order valence-electron chi connectivity index (χ0n) is 19.1. The quantitative estimate of drug-likeness (QED) is 0.258. The number of carboxylic acids is 1. The van der Waals surface area contributed by atoms with Crippen LogP contribution in [0.15, 0.2) is 84.9 Å². The Morgan fingerprint density at radius 1 is 0.857 bits per heavy atom. The lowest BCUT2D eigenvalue weighted by Gasteiger charge is -2.14. The second-order valence-electron chi connectivity index (χ2n) is 8.22. The standard InChI is InChI=1S/C29H24ClFO4/c1-19-13-25(10-7-21(19)8-12-29(32)33)34-26-16-24(31)17-27(18-26)35-28-11-9-23(30)15-22(28)14-20-5-3-2-4-6-20/h2-7,9-11,13,15-18H,8,12,14H2,1H3,(H,32,33). The summed E-state index contributed by atoms with van der Waals surface area (Å²) in [5, 5.41) is 9.49. The SMILES string of the molecule is Cc1cc(Oc2cc(F)cc(Oc3ccc(Cl)cc3Cc3ccccc3)c2)ccc1CCC(=O)O. The Labute approximate surface area is 208 Å². The van der Waals surface area contributed by atoms with E-state index in [-0.39, 0.29) is 12.2 Å². The number of carboxylic acid groups (broad SMARTS) is 1. The molecule has 178 valence electrons. The number of halogens is 2. The van der Waals surface area contributed by atoms with Gasteiger partial charge in [-0.3, -0.25) is 4.79 Å². The van der Waals surface area contributed by atoms with E-state index in [0.717, 1.165) is 22.3 Å². The topological polar surface area (TPSA) is 55.8 Å². The first kappa shape index (κ1) is 24.3. The van der Waals surface area contributed by atoms with Crippen LogP contribution in [0.3, 0.4) is 0 Å². The van der Waals surface area contributed by atoms with Crippen molar-refractivity contribution in [2.24, 2.45) is 0 Å². The van der Waals surface area contributed by atoms with E-state index in [9.17, 15) is 9.18 Å². The molecule has 35 heavy (non-hydrogen) atoms. The van der Waals surface area contributed by atoms with Crippen LogP contribution in [0.4, 0.5) is 4.39 Å². The fraction of sp³-hybridized carbons (Fsp3) is 0.138. The summed E-state index contributed by atoms with van der Waals surface area (Å²) in [6, 6.07) is 24.9. The Morgan fingerprint density at radius 2 is 1.60 bits per heavy atom. The molecule has 0 amide bonds. The van der Waals surface area contributed by atoms with Gasteiger partial charge in [0.25, 0.3) is 0 Å². The summed E-state index contributed by atoms with van der Waals surface area (Å²) in [6.45, 7) is 1.89. The first-order valence-corrected chi connectivity index (χ1v) is 11.5. The number of aryl methyl sites for hydroxylation is 2. The molecule has 0 fully saturated rings. The van der Waals surface area contributed by atoms with Gasteiger partial charge in [-0.2, -0.15) is 0 Å². The van der Waals surface area contributed by atoms with Gasteiger partial charge in [0.1, 0.15) is 28.8 Å². The zero-order chi connectivity index (χ0) is 24.8. The van der Waals surface area contributed by atoms with Crippen LogP contribution in [0.2, 0.25) is 5.02 Å². The second-order valence-corrected chi connectivity index (χ2v) is 8.66. The molecule has 0 unspecified atom stereocenters. The van der Waals surface area contributed by atoms with E-state index >= 15 is 0 Å². The molecule has 0 aliphatic heterocycles. The van der Waals surface area contributed by atoms with Crippen molar-refractivity contribution in [2.75, 3.05) is 0 Å². The fourth-order valence-electron chi connectivity index (χ4n) is 3.77. The maximum atomic E-state index is 14.4. The van der Waals surface area contributed by atoms with Crippen molar-refractivity contribution < 1.29 is 23.8 Å². The third kappa shape index (κ3) is 6.84. The maximum absolute atomic E-state index is 14.4. The average Bonchev–Trinajstić information content (AvgIpc) is 2.80. The van der Waals surface area contributed by atoms with Gasteiger partial charge >= 0.3 is 5.97 Å². The molecule has 1 N–H and O–H groups in total. The summed E-state index contributed by atoms with van der Waals surface area (Å²) in [5.41, 5.74) is 3.81. The Balaban J connectivity index is 1.54. The Bertz CT molecular complexity index is 1340. The number of benzene rings is 4. The van der Waals surface area contributed by atoms with Crippen molar-refractivity contribution in [3.8, 4) is 23.0 Å². The van der Waals surface area contributed by atoms with Gasteiger partial charge in [-0.1, -0.05) is 48.0 Å². The van der Waals surface area contributed by atoms with Gasteiger partial charge in [-0.15, -0.1) is 0 Å². The van der Waals surface area contributed by atoms with Crippen molar-refractivity contribution in [1.29, 1.82) is 0 Å². The van der Waals surface area contributed by atoms with E-state index in [1.807, 2.05) is 49.4 Å². The molecule has 0 aliphatic carbocycles. The minimum Gasteiger partial charge on any atom is -0.481 e. The van der Waals surface area contributed by atoms with E-state index in [1.54, 1.807) is 30.3 Å². The van der Waals surface area contributed by atoms with Crippen LogP contribution in [0.25, 0.3) is 0 Å². The van der Waals surface area contributed by atoms with Crippen LogP contribution >= 0.6 is 11.6 Å². The number of hydrogen-bond donors (Lipinski definition) is 1. The molecule has 0 heterocycles. The minimum absolute atomic E-state index is 0.0581. The molecule has 4 rings (SSSR count). The van der Waals surface area contributed by atoms with Crippen LogP contribution in [0, 0.1) is 12.7 Å². The molecule has 4 aromatic carbocycles. The van der Waals surface area contributed by atoms with E-state index < -0.39 is 11.8 Å². The lowest BCUT2D eigenvalue weighted by Crippen LogP contribution is -1.99. The van der Waals surface area contributed by atoms with Gasteiger partial charge in [-0.25, -0.2) is 4.39 Å². The monoisotopic (exact) mass is 490 g/mol. The number of ether oxygens (including phenoxy) is 2. The van der Waals surface area contributed by atoms with Crippen LogP contribution < -0.4 is 9.47 Å². The number of rotatable bonds is 9. The average molecular weight is 491 g/mol. The van der Waals surface area contributed by atoms with Gasteiger partial charge < -0.3 is 14.6 Å². The molecule has 0 aromatic heterocycles. The molecule has 4 aromatic rings. The Hall–Kier alpha value is -3.83. The molecule has 4 nitrogen and oxygen atoms in total. The van der Waals surface area contributed by atoms with Crippen molar-refractivity contribution in [1.82, 2.24) is 0 Å². The summed E-state index contributed by atoms with van der Waals surface area (Å²) in [5.74, 6) is 0.348. The maximum Gasteiger partial charge on any atom is 0.303 e. The summed E-state index contributed by atoms with van der Waals surface area (Å²) in [6.07, 6.45) is 1.11. The van der Waals surface area contributed by atoms with Crippen LogP contribution in [0.5, 0.6) is 23.0 Å². The van der Waals surface area contributed by atoms with Crippen molar-refractivity contribution >= 4 is 17.6 Å². The molecule has 0 aliphatic rings. The highest BCUT2D eigenvalue weighted by atomic mass is 35.5. The smallest absolute Gasteiger partial charge is 0.303 e. The third-order valence-electron chi connectivity index (χ3n) is 5.49. The highest BCUT2D eigenvalue weighted by molar-refractivity contribution is 6.30. The zero-order valence-corrected chi connectivity index (χ0v) is 19.9. The first-order valence-electron chi connectivity index (χ1n) is 11.2. The summed E-state index contributed by atoms with van der Waals surface area (Å²) in [4.78, 5) is 10.8. The number of carbonyl (C=O) groups is 1. The lowest BCUT2D eigenvalue weighted by molar-refractivity contribution is -0.136. The first-order chi connectivity index (χ1) is 16.9. The van der Waals surface area contributed by atoms with E-state index in [4.69, 9.17) is 26.2 Å². The van der Waals surface area contributed by atoms with Gasteiger partial charge in [0.15, 0.2) is 0 Å². The summed E-state index contributed by atoms with van der Waals surface area (Å²) < 4.78 is 26.4. The van der Waals surface area contributed by atoms with E-state index in [1.165, 1.54) is 12.1 Å². The minimum atomic E-state index is -0.843. The molecule has 0 bridgehead atoms. The van der Waals surface area contributed by atoms with Crippen LogP contribution in [0.1, 0.15) is 28.7 Å². The molecule has 6 heteroatoms. The summed E-state index contributed by atoms with van der Waals surface area (Å²) >= 11 is 6.22. The molecule has 0 radical (unpaired) electrons. The lowest BCUT2D eigenvalue weighted by atomic mass is 10.0. The molecule has 0 saturated carbocycles. The Kier molecular flexibility index (Phi) is 7.68. The third-order valence-corrected chi connectivity index (χ3v) is 5.73. The van der Waals surface area contributed by atoms with Crippen LogP contribution in [-0.4, -0.2) is 11.1 Å². The van der Waals surface area contributed by atoms with Crippen molar-refractivity contribution in [3.05, 3.63) is 118 Å². The van der Waals surface area contributed by atoms with Gasteiger partial charge in [0.2, 0.25) is 0 Å². The van der Waals surface area contributed by atoms with E-state index in [0.29, 0.717) is 35.1 Å². The highest BCUT2D eigenvalue weighted by Crippen LogP contribution is 2.34. The van der Waals surface area contributed by atoms with E-state index in [2.05, 4.69) is 0 Å². The molecular formula is C29H24ClFO4. The van der Waals surface area contributed by atoms with Crippen LogP contribution in [-0.2, 0) is 17.6 Å². The Morgan fingerprint density at radius 3 is 2.31 bits per heavy atom. The predicted molar refractivity (Wildman–Crippen MR) is 134 cm³/mol. The number of aliphatic carboxylic acids is 1.